The highest BCUT2D eigenvalue weighted by Crippen LogP contribution is 2.18. The number of nitrogens with one attached hydrogen (secondary N) is 1. The number of aryl methyl sites for hydroxylation is 1. The second-order valence-electron chi connectivity index (χ2n) is 6.89. The Hall–Kier alpha value is -2.96. The van der Waals surface area contributed by atoms with Gasteiger partial charge in [-0.2, -0.15) is 5.10 Å². The molecule has 7 heteroatoms. The van der Waals surface area contributed by atoms with Crippen molar-refractivity contribution >= 4 is 17.7 Å². The Morgan fingerprint density at radius 3 is 2.31 bits per heavy atom. The number of ketones is 1. The quantitative estimate of drug-likeness (QED) is 0.503. The first-order chi connectivity index (χ1) is 12.1. The van der Waals surface area contributed by atoms with Crippen molar-refractivity contribution in [1.82, 2.24) is 15.1 Å². The maximum Gasteiger partial charge on any atom is 0.325 e. The summed E-state index contributed by atoms with van der Waals surface area (Å²) in [6.07, 6.45) is 0. The number of carbonyl (C=O) groups excluding carboxylic acids is 3. The van der Waals surface area contributed by atoms with Crippen LogP contribution in [0, 0.1) is 13.8 Å². The third-order valence-corrected chi connectivity index (χ3v) is 3.54. The van der Waals surface area contributed by atoms with E-state index in [0.717, 1.165) is 5.69 Å². The zero-order valence-corrected chi connectivity index (χ0v) is 15.6. The maximum absolute atomic E-state index is 12.5. The summed E-state index contributed by atoms with van der Waals surface area (Å²) in [5.74, 6) is -2.20. The molecule has 1 N–H and O–H groups in total. The van der Waals surface area contributed by atoms with E-state index in [9.17, 15) is 14.4 Å². The molecular weight excluding hydrogens is 334 g/mol. The molecule has 138 valence electrons. The molecule has 26 heavy (non-hydrogen) atoms. The number of hydrogen-bond donors (Lipinski definition) is 1. The second kappa shape index (κ2) is 7.51. The lowest BCUT2D eigenvalue weighted by atomic mass is 10.1. The van der Waals surface area contributed by atoms with Crippen LogP contribution in [0.4, 0.5) is 0 Å². The number of nitrogens with zero attached hydrogens (tertiary/aromatic N) is 2. The molecule has 0 atom stereocenters. The van der Waals surface area contributed by atoms with Crippen molar-refractivity contribution in [1.29, 1.82) is 0 Å². The molecule has 2 rings (SSSR count). The van der Waals surface area contributed by atoms with Gasteiger partial charge in [0.15, 0.2) is 0 Å². The molecule has 7 nitrogen and oxygen atoms in total. The number of carbonyl (C=O) groups is 3. The van der Waals surface area contributed by atoms with Crippen LogP contribution in [0.5, 0.6) is 0 Å². The van der Waals surface area contributed by atoms with E-state index in [4.69, 9.17) is 4.74 Å². The number of ether oxygens (including phenoxy) is 1. The van der Waals surface area contributed by atoms with E-state index in [2.05, 4.69) is 10.4 Å². The van der Waals surface area contributed by atoms with Gasteiger partial charge in [-0.1, -0.05) is 18.2 Å². The van der Waals surface area contributed by atoms with Crippen molar-refractivity contribution in [2.24, 2.45) is 0 Å². The SMILES string of the molecule is Cc1nn(-c2ccccc2)c(C)c1C(=O)C(=O)NCC(=O)OC(C)(C)C. The van der Waals surface area contributed by atoms with Crippen molar-refractivity contribution in [2.45, 2.75) is 40.2 Å². The lowest BCUT2D eigenvalue weighted by Gasteiger charge is -2.19. The Bertz CT molecular complexity index is 832. The number of Topliss-reactive ketones (excluding diaryl/α,β-unsaturated/α-hetero) is 1. The summed E-state index contributed by atoms with van der Waals surface area (Å²) in [5.41, 5.74) is 1.38. The highest BCUT2D eigenvalue weighted by atomic mass is 16.6. The highest BCUT2D eigenvalue weighted by Gasteiger charge is 2.26. The Labute approximate surface area is 152 Å². The Morgan fingerprint density at radius 1 is 1.12 bits per heavy atom. The van der Waals surface area contributed by atoms with Gasteiger partial charge < -0.3 is 10.1 Å². The van der Waals surface area contributed by atoms with E-state index >= 15 is 0 Å². The number of para-hydroxylation sites is 1. The lowest BCUT2D eigenvalue weighted by Crippen LogP contribution is -2.38. The van der Waals surface area contributed by atoms with Gasteiger partial charge in [0.1, 0.15) is 12.1 Å². The number of aromatic nitrogens is 2. The minimum Gasteiger partial charge on any atom is -0.459 e. The van der Waals surface area contributed by atoms with Crippen LogP contribution in [0.15, 0.2) is 30.3 Å². The van der Waals surface area contributed by atoms with E-state index in [0.29, 0.717) is 11.4 Å². The first-order valence-electron chi connectivity index (χ1n) is 8.26. The van der Waals surface area contributed by atoms with Crippen molar-refractivity contribution in [2.75, 3.05) is 6.54 Å². The molecular formula is C19H23N3O4. The lowest BCUT2D eigenvalue weighted by molar-refractivity contribution is -0.154. The minimum absolute atomic E-state index is 0.232. The Balaban J connectivity index is 2.13. The Kier molecular flexibility index (Phi) is 5.59. The number of esters is 1. The first kappa shape index (κ1) is 19.4. The first-order valence-corrected chi connectivity index (χ1v) is 8.26. The molecule has 0 radical (unpaired) electrons. The zero-order valence-electron chi connectivity index (χ0n) is 15.6. The largest absolute Gasteiger partial charge is 0.459 e. The van der Waals surface area contributed by atoms with E-state index in [-0.39, 0.29) is 12.1 Å². The van der Waals surface area contributed by atoms with Crippen LogP contribution in [0.2, 0.25) is 0 Å². The van der Waals surface area contributed by atoms with Crippen LogP contribution < -0.4 is 5.32 Å². The number of amides is 1. The fraction of sp³-hybridized carbons (Fsp3) is 0.368. The molecule has 0 bridgehead atoms. The van der Waals surface area contributed by atoms with Gasteiger partial charge in [0.25, 0.3) is 11.7 Å². The summed E-state index contributed by atoms with van der Waals surface area (Å²) < 4.78 is 6.72. The predicted molar refractivity (Wildman–Crippen MR) is 96.2 cm³/mol. The molecule has 1 aromatic carbocycles. The van der Waals surface area contributed by atoms with Gasteiger partial charge in [-0.25, -0.2) is 4.68 Å². The van der Waals surface area contributed by atoms with Gasteiger partial charge in [0.2, 0.25) is 0 Å². The standard InChI is InChI=1S/C19H23N3O4/c1-12-16(13(2)22(21-12)14-9-7-6-8-10-14)17(24)18(25)20-11-15(23)26-19(3,4)5/h6-10H,11H2,1-5H3,(H,20,25). The molecule has 0 aliphatic carbocycles. The fourth-order valence-electron chi connectivity index (χ4n) is 2.52. The average molecular weight is 357 g/mol. The van der Waals surface area contributed by atoms with Gasteiger partial charge in [0, 0.05) is 0 Å². The van der Waals surface area contributed by atoms with Gasteiger partial charge in [-0.3, -0.25) is 14.4 Å². The van der Waals surface area contributed by atoms with E-state index in [1.54, 1.807) is 39.3 Å². The number of benzene rings is 1. The normalized spacial score (nSPS) is 11.1. The highest BCUT2D eigenvalue weighted by molar-refractivity contribution is 6.43. The molecule has 0 spiro atoms. The van der Waals surface area contributed by atoms with E-state index in [1.807, 2.05) is 30.3 Å². The van der Waals surface area contributed by atoms with Crippen LogP contribution in [-0.4, -0.2) is 39.6 Å². The average Bonchev–Trinajstić information content (AvgIpc) is 2.86. The molecule has 0 aliphatic rings. The molecule has 0 aliphatic heterocycles. The van der Waals surface area contributed by atoms with Crippen molar-refractivity contribution < 1.29 is 19.1 Å². The zero-order chi connectivity index (χ0) is 19.5. The molecule has 0 saturated heterocycles. The van der Waals surface area contributed by atoms with E-state index in [1.165, 1.54) is 0 Å². The summed E-state index contributed by atoms with van der Waals surface area (Å²) in [6, 6.07) is 9.32. The van der Waals surface area contributed by atoms with Crippen molar-refractivity contribution in [3.63, 3.8) is 0 Å². The smallest absolute Gasteiger partial charge is 0.325 e. The number of hydrogen-bond acceptors (Lipinski definition) is 5. The summed E-state index contributed by atoms with van der Waals surface area (Å²) in [4.78, 5) is 36.4. The summed E-state index contributed by atoms with van der Waals surface area (Å²) >= 11 is 0. The van der Waals surface area contributed by atoms with Crippen LogP contribution >= 0.6 is 0 Å². The predicted octanol–water partition coefficient (Wildman–Crippen LogP) is 2.13. The van der Waals surface area contributed by atoms with E-state index < -0.39 is 23.3 Å². The third-order valence-electron chi connectivity index (χ3n) is 3.54. The van der Waals surface area contributed by atoms with Gasteiger partial charge >= 0.3 is 5.97 Å². The van der Waals surface area contributed by atoms with Crippen molar-refractivity contribution in [3.05, 3.63) is 47.3 Å². The monoisotopic (exact) mass is 357 g/mol. The van der Waals surface area contributed by atoms with Crippen molar-refractivity contribution in [3.8, 4) is 5.69 Å². The van der Waals surface area contributed by atoms with Crippen LogP contribution in [-0.2, 0) is 14.3 Å². The molecule has 2 aromatic rings. The van der Waals surface area contributed by atoms with Crippen LogP contribution in [0.1, 0.15) is 42.5 Å². The third kappa shape index (κ3) is 4.56. The number of rotatable bonds is 5. The molecule has 0 unspecified atom stereocenters. The maximum atomic E-state index is 12.5. The molecule has 1 amide bonds. The topological polar surface area (TPSA) is 90.3 Å². The molecule has 0 saturated carbocycles. The Morgan fingerprint density at radius 2 is 1.73 bits per heavy atom. The summed E-state index contributed by atoms with van der Waals surface area (Å²) in [7, 11) is 0. The van der Waals surface area contributed by atoms with Gasteiger partial charge in [-0.05, 0) is 46.8 Å². The molecule has 1 aromatic heterocycles. The van der Waals surface area contributed by atoms with Gasteiger partial charge in [0.05, 0.1) is 22.6 Å². The second-order valence-corrected chi connectivity index (χ2v) is 6.89. The summed E-state index contributed by atoms with van der Waals surface area (Å²) in [6.45, 7) is 8.20. The van der Waals surface area contributed by atoms with Crippen LogP contribution in [0.3, 0.4) is 0 Å². The minimum atomic E-state index is -0.866. The molecule has 1 heterocycles. The van der Waals surface area contributed by atoms with Crippen LogP contribution in [0.25, 0.3) is 5.69 Å². The van der Waals surface area contributed by atoms with Gasteiger partial charge in [-0.15, -0.1) is 0 Å². The molecule has 0 fully saturated rings. The fourth-order valence-corrected chi connectivity index (χ4v) is 2.52. The summed E-state index contributed by atoms with van der Waals surface area (Å²) in [5, 5.41) is 6.66.